The zero-order valence-electron chi connectivity index (χ0n) is 26.7. The molecule has 0 N–H and O–H groups in total. The van der Waals surface area contributed by atoms with Crippen molar-refractivity contribution in [3.8, 4) is 0 Å². The Morgan fingerprint density at radius 1 is 0.659 bits per heavy atom. The third-order valence-electron chi connectivity index (χ3n) is 7.41. The predicted molar refractivity (Wildman–Crippen MR) is 220 cm³/mol. The first-order chi connectivity index (χ1) is 18.6. The Kier molecular flexibility index (Phi) is 39.7. The van der Waals surface area contributed by atoms with Gasteiger partial charge in [-0.05, 0) is 62.8 Å². The van der Waals surface area contributed by atoms with E-state index in [1.54, 1.807) is 0 Å². The second-order valence-electron chi connectivity index (χ2n) is 9.86. The van der Waals surface area contributed by atoms with Crippen molar-refractivity contribution in [2.24, 2.45) is 0 Å². The summed E-state index contributed by atoms with van der Waals surface area (Å²) < 4.78 is 6.10. The van der Waals surface area contributed by atoms with Gasteiger partial charge in [0.25, 0.3) is 0 Å². The Hall–Kier alpha value is 3.41. The van der Waals surface area contributed by atoms with Crippen LogP contribution in [0.3, 0.4) is 0 Å². The Bertz CT molecular complexity index is 805. The number of nitrogens with zero attached hydrogens (tertiary/aromatic N) is 2. The van der Waals surface area contributed by atoms with Gasteiger partial charge < -0.3 is 34.4 Å². The number of benzene rings is 2. The van der Waals surface area contributed by atoms with Crippen LogP contribution in [0.4, 0.5) is 11.4 Å². The fraction of sp³-hybridized carbons (Fsp3) is 0.600. The van der Waals surface area contributed by atoms with E-state index in [0.29, 0.717) is 0 Å². The number of halogens is 6. The molecule has 3 nitrogen and oxygen atoms in total. The van der Waals surface area contributed by atoms with Crippen LogP contribution < -0.4 is 26.8 Å². The molecule has 0 aromatic heterocycles. The van der Waals surface area contributed by atoms with Gasteiger partial charge in [-0.3, -0.25) is 0 Å². The summed E-state index contributed by atoms with van der Waals surface area (Å²) >= 11 is 12.0. The molecule has 11 heteroatoms. The Morgan fingerprint density at radius 2 is 1.02 bits per heavy atom. The molecule has 2 aromatic carbocycles. The minimum atomic E-state index is 0. The van der Waals surface area contributed by atoms with E-state index in [4.69, 9.17) is 4.74 Å². The topological polar surface area (TPSA) is 15.7 Å². The minimum Gasteiger partial charge on any atom is -1.00 e. The maximum Gasteiger partial charge on any atom is 2.00 e. The van der Waals surface area contributed by atoms with Gasteiger partial charge in [-0.1, -0.05) is 60.1 Å². The number of ether oxygens (including phenoxy) is 1. The maximum atomic E-state index is 4.94. The van der Waals surface area contributed by atoms with Crippen LogP contribution in [0.25, 0.3) is 0 Å². The van der Waals surface area contributed by atoms with E-state index in [0.717, 1.165) is 29.8 Å². The number of hydrogen-bond donors (Lipinski definition) is 0. The van der Waals surface area contributed by atoms with Gasteiger partial charge in [0, 0.05) is 124 Å². The summed E-state index contributed by atoms with van der Waals surface area (Å²) in [6, 6.07) is 21.5. The van der Waals surface area contributed by atoms with Gasteiger partial charge in [0.05, 0.1) is 0 Å². The molecular weight excluding hydrogens is 1120 g/mol. The quantitative estimate of drug-likeness (QED) is 0.174. The Balaban J connectivity index is -0.000000161. The molecule has 1 aliphatic heterocycles. The molecule has 41 heavy (non-hydrogen) atoms. The second-order valence-corrected chi connectivity index (χ2v) is 10.8. The van der Waals surface area contributed by atoms with Crippen LogP contribution in [0, 0.1) is 6.07 Å². The molecule has 0 spiro atoms. The fourth-order valence-corrected chi connectivity index (χ4v) is 5.42. The summed E-state index contributed by atoms with van der Waals surface area (Å²) in [7, 11) is 4.44. The molecule has 1 saturated heterocycles. The van der Waals surface area contributed by atoms with E-state index in [-0.39, 0.29) is 65.9 Å². The minimum absolute atomic E-state index is 0. The normalized spacial score (nSPS) is 15.9. The summed E-state index contributed by atoms with van der Waals surface area (Å²) in [5.41, 5.74) is 2.67. The Morgan fingerprint density at radius 3 is 1.37 bits per heavy atom. The monoisotopic (exact) mass is 1160 g/mol. The first kappa shape index (κ1) is 48.8. The average Bonchev–Trinajstić information content (AvgIpc) is 3.61. The predicted octanol–water partition coefficient (Wildman–Crippen LogP) is 8.28. The first-order valence-electron chi connectivity index (χ1n) is 13.7. The molecule has 2 aromatic rings. The summed E-state index contributed by atoms with van der Waals surface area (Å²) in [6.07, 6.45) is 16.4. The molecule has 0 radical (unpaired) electrons. The van der Waals surface area contributed by atoms with Gasteiger partial charge in [0.2, 0.25) is 0 Å². The molecule has 0 atom stereocenters. The van der Waals surface area contributed by atoms with Crippen molar-refractivity contribution < 1.29 is 24.6 Å². The van der Waals surface area contributed by atoms with Gasteiger partial charge in [0.1, 0.15) is 0 Å². The molecule has 3 fully saturated rings. The molecule has 2 saturated carbocycles. The van der Waals surface area contributed by atoms with Crippen LogP contribution >= 0.6 is 90.4 Å². The van der Waals surface area contributed by atoms with Crippen LogP contribution in [0.2, 0.25) is 0 Å². The standard InChI is InChI=1S/C13H18BrN.C13H18N.C4H8O.BrH.2I2.2Mg.2H/c1-15(12-5-3-2-4-6-12)13-9-7-11(14)8-10-13;1-14(12-8-4-2-5-9-12)13-10-6-3-7-11-13;1-2-4-5-3-1;;2*1-2;;;;/h7-10,12H,2-6H2,1H3;6-7,10-12H,2,4-5,8-9H2,1H3;1-4H2;1H;;;;;;/q;-1;;;;;2*+2;2*-1/p-1. The zero-order valence-corrected chi connectivity index (χ0v) is 39.3. The molecule has 0 unspecified atom stereocenters. The largest absolute Gasteiger partial charge is 2.00 e. The molecule has 0 amide bonds. The molecule has 228 valence electrons. The summed E-state index contributed by atoms with van der Waals surface area (Å²) in [5.74, 6) is 0. The first-order valence-corrected chi connectivity index (χ1v) is 27.1. The van der Waals surface area contributed by atoms with Gasteiger partial charge in [-0.15, -0.1) is 12.1 Å². The van der Waals surface area contributed by atoms with Gasteiger partial charge >= 0.3 is 46.1 Å². The molecule has 0 bridgehead atoms. The average molecular weight is 1170 g/mol. The van der Waals surface area contributed by atoms with Crippen molar-refractivity contribution in [3.63, 3.8) is 0 Å². The van der Waals surface area contributed by atoms with Crippen molar-refractivity contribution in [3.05, 3.63) is 59.1 Å². The third kappa shape index (κ3) is 21.8. The van der Waals surface area contributed by atoms with E-state index >= 15 is 0 Å². The van der Waals surface area contributed by atoms with Crippen LogP contribution in [-0.2, 0) is 4.74 Å². The molecule has 1 heterocycles. The van der Waals surface area contributed by atoms with Crippen molar-refractivity contribution in [2.75, 3.05) is 37.1 Å². The summed E-state index contributed by atoms with van der Waals surface area (Å²) in [6.45, 7) is 2.00. The van der Waals surface area contributed by atoms with Gasteiger partial charge in [-0.2, -0.15) is 18.2 Å². The molecule has 5 rings (SSSR count). The number of hydrogen-bond acceptors (Lipinski definition) is 3. The van der Waals surface area contributed by atoms with Gasteiger partial charge in [0.15, 0.2) is 0 Å². The van der Waals surface area contributed by atoms with Crippen molar-refractivity contribution in [2.45, 2.75) is 89.1 Å². The maximum absolute atomic E-state index is 4.94. The van der Waals surface area contributed by atoms with Crippen molar-refractivity contribution in [1.82, 2.24) is 0 Å². The van der Waals surface area contributed by atoms with Gasteiger partial charge in [-0.25, -0.2) is 0 Å². The van der Waals surface area contributed by atoms with Crippen LogP contribution in [-0.4, -0.2) is 85.5 Å². The van der Waals surface area contributed by atoms with E-state index in [2.05, 4.69) is 157 Å². The van der Waals surface area contributed by atoms with E-state index in [1.807, 2.05) is 12.1 Å². The SMILES string of the molecule is C1CCOC1.CN(c1cc[c-]cc1)C1CCCCC1.CN(c1ccc(Br)cc1)C1CCCCC1.II.II.[Br-].[H-].[H-].[Mg+2].[Mg+2]. The van der Waals surface area contributed by atoms with Crippen LogP contribution in [0.5, 0.6) is 0 Å². The van der Waals surface area contributed by atoms with Crippen LogP contribution in [0.1, 0.15) is 79.9 Å². The molecular formula is C30H46Br2I4Mg2N2O. The summed E-state index contributed by atoms with van der Waals surface area (Å²) in [4.78, 5) is 4.86. The third-order valence-corrected chi connectivity index (χ3v) is 7.94. The van der Waals surface area contributed by atoms with E-state index in [1.165, 1.54) is 88.4 Å². The summed E-state index contributed by atoms with van der Waals surface area (Å²) in [5, 5.41) is 0. The number of anilines is 2. The zero-order chi connectivity index (χ0) is 28.0. The molecule has 3 aliphatic rings. The van der Waals surface area contributed by atoms with Crippen molar-refractivity contribution in [1.29, 1.82) is 0 Å². The second kappa shape index (κ2) is 33.3. The Labute approximate surface area is 352 Å². The fourth-order valence-electron chi connectivity index (χ4n) is 5.16. The van der Waals surface area contributed by atoms with E-state index < -0.39 is 0 Å². The smallest absolute Gasteiger partial charge is 1.00 e. The van der Waals surface area contributed by atoms with Crippen molar-refractivity contribution >= 4 is 148 Å². The molecule has 2 aliphatic carbocycles. The van der Waals surface area contributed by atoms with Crippen LogP contribution in [0.15, 0.2) is 53.0 Å². The number of rotatable bonds is 4. The van der Waals surface area contributed by atoms with E-state index in [9.17, 15) is 0 Å².